The van der Waals surface area contributed by atoms with Gasteiger partial charge < -0.3 is 10.1 Å². The van der Waals surface area contributed by atoms with E-state index in [1.165, 1.54) is 40.4 Å². The van der Waals surface area contributed by atoms with Crippen LogP contribution in [0.25, 0.3) is 0 Å². The molecule has 2 heterocycles. The Morgan fingerprint density at radius 1 is 1.23 bits per heavy atom. The Labute approximate surface area is 194 Å². The number of carbonyl (C=O) groups is 2. The minimum Gasteiger partial charge on any atom is -0.462 e. The zero-order chi connectivity index (χ0) is 22.5. The van der Waals surface area contributed by atoms with Crippen LogP contribution in [0.1, 0.15) is 49.3 Å². The molecule has 0 fully saturated rings. The minimum absolute atomic E-state index is 0.0578. The molecule has 0 saturated heterocycles. The van der Waals surface area contributed by atoms with Gasteiger partial charge in [-0.1, -0.05) is 47.6 Å². The van der Waals surface area contributed by atoms with Gasteiger partial charge in [-0.25, -0.2) is 14.8 Å². The summed E-state index contributed by atoms with van der Waals surface area (Å²) in [5, 5.41) is 3.78. The van der Waals surface area contributed by atoms with Crippen LogP contribution in [0.2, 0.25) is 5.02 Å². The number of ether oxygens (including phenoxy) is 1. The Morgan fingerprint density at radius 2 is 1.97 bits per heavy atom. The molecule has 0 aliphatic carbocycles. The van der Waals surface area contributed by atoms with E-state index in [1.807, 2.05) is 45.0 Å². The number of nitrogens with zero attached hydrogens (tertiary/aromatic N) is 2. The molecule has 0 unspecified atom stereocenters. The standard InChI is InChI=1S/C22H22ClN3O3S2/c1-5-29-21(28)17-13(3)14(4)31-20(17)26-19(27)18-16(23)10-24-22(25-18)30-11-15-9-7-6-8-12(15)2/h6-10H,5,11H2,1-4H3,(H,26,27). The Kier molecular flexibility index (Phi) is 7.69. The highest BCUT2D eigenvalue weighted by Gasteiger charge is 2.24. The summed E-state index contributed by atoms with van der Waals surface area (Å²) in [4.78, 5) is 34.8. The summed E-state index contributed by atoms with van der Waals surface area (Å²) in [6.07, 6.45) is 1.42. The second-order valence-electron chi connectivity index (χ2n) is 6.73. The summed E-state index contributed by atoms with van der Waals surface area (Å²) in [6.45, 7) is 7.74. The zero-order valence-electron chi connectivity index (χ0n) is 17.6. The number of hydrogen-bond donors (Lipinski definition) is 1. The predicted octanol–water partition coefficient (Wildman–Crippen LogP) is 5.84. The van der Waals surface area contributed by atoms with Gasteiger partial charge in [-0.05, 0) is 44.4 Å². The van der Waals surface area contributed by atoms with Crippen LogP contribution in [0.5, 0.6) is 0 Å². The van der Waals surface area contributed by atoms with Gasteiger partial charge in [0, 0.05) is 10.6 Å². The van der Waals surface area contributed by atoms with E-state index >= 15 is 0 Å². The number of thioether (sulfide) groups is 1. The molecule has 0 bridgehead atoms. The van der Waals surface area contributed by atoms with Gasteiger partial charge in [0.05, 0.1) is 23.4 Å². The smallest absolute Gasteiger partial charge is 0.341 e. The molecule has 9 heteroatoms. The lowest BCUT2D eigenvalue weighted by Gasteiger charge is -2.09. The molecule has 1 aromatic carbocycles. The van der Waals surface area contributed by atoms with Crippen LogP contribution in [0.15, 0.2) is 35.6 Å². The van der Waals surface area contributed by atoms with Crippen LogP contribution in [0, 0.1) is 20.8 Å². The van der Waals surface area contributed by atoms with Crippen molar-refractivity contribution in [2.45, 2.75) is 38.6 Å². The van der Waals surface area contributed by atoms with Crippen LogP contribution in [0.4, 0.5) is 5.00 Å². The second kappa shape index (κ2) is 10.3. The number of hydrogen-bond acceptors (Lipinski definition) is 7. The third kappa shape index (κ3) is 5.44. The van der Waals surface area contributed by atoms with E-state index in [2.05, 4.69) is 15.3 Å². The Morgan fingerprint density at radius 3 is 2.68 bits per heavy atom. The number of rotatable bonds is 7. The van der Waals surface area contributed by atoms with E-state index in [9.17, 15) is 9.59 Å². The number of aromatic nitrogens is 2. The summed E-state index contributed by atoms with van der Waals surface area (Å²) in [5.74, 6) is -0.300. The fraction of sp³-hybridized carbons (Fsp3) is 0.273. The summed E-state index contributed by atoms with van der Waals surface area (Å²) in [7, 11) is 0. The summed E-state index contributed by atoms with van der Waals surface area (Å²) in [6, 6.07) is 8.06. The summed E-state index contributed by atoms with van der Waals surface area (Å²) in [5.41, 5.74) is 3.54. The van der Waals surface area contributed by atoms with Gasteiger partial charge >= 0.3 is 5.97 Å². The number of benzene rings is 1. The van der Waals surface area contributed by atoms with Gasteiger partial charge in [-0.2, -0.15) is 0 Å². The molecule has 162 valence electrons. The number of esters is 1. The molecular weight excluding hydrogens is 454 g/mol. The normalized spacial score (nSPS) is 10.7. The summed E-state index contributed by atoms with van der Waals surface area (Å²) < 4.78 is 5.14. The number of amides is 1. The zero-order valence-corrected chi connectivity index (χ0v) is 20.0. The van der Waals surface area contributed by atoms with Crippen molar-refractivity contribution < 1.29 is 14.3 Å². The van der Waals surface area contributed by atoms with Crippen LogP contribution >= 0.6 is 34.7 Å². The first-order valence-corrected chi connectivity index (χ1v) is 11.8. The highest BCUT2D eigenvalue weighted by Crippen LogP contribution is 2.34. The van der Waals surface area contributed by atoms with E-state index in [1.54, 1.807) is 6.92 Å². The molecule has 2 aromatic heterocycles. The van der Waals surface area contributed by atoms with Crippen molar-refractivity contribution in [1.82, 2.24) is 9.97 Å². The molecule has 0 spiro atoms. The number of anilines is 1. The third-order valence-electron chi connectivity index (χ3n) is 4.65. The van der Waals surface area contributed by atoms with Crippen molar-refractivity contribution in [3.05, 3.63) is 68.3 Å². The highest BCUT2D eigenvalue weighted by atomic mass is 35.5. The van der Waals surface area contributed by atoms with E-state index in [4.69, 9.17) is 16.3 Å². The average Bonchev–Trinajstić information content (AvgIpc) is 3.01. The average molecular weight is 476 g/mol. The first-order chi connectivity index (χ1) is 14.8. The van der Waals surface area contributed by atoms with E-state index in [0.717, 1.165) is 10.4 Å². The number of halogens is 1. The first-order valence-electron chi connectivity index (χ1n) is 9.60. The van der Waals surface area contributed by atoms with Gasteiger partial charge in [-0.3, -0.25) is 4.79 Å². The monoisotopic (exact) mass is 475 g/mol. The molecule has 0 aliphatic heterocycles. The van der Waals surface area contributed by atoms with Gasteiger partial charge in [0.1, 0.15) is 5.00 Å². The number of nitrogens with one attached hydrogen (secondary N) is 1. The fourth-order valence-corrected chi connectivity index (χ4v) is 4.93. The molecule has 0 radical (unpaired) electrons. The van der Waals surface area contributed by atoms with Crippen molar-refractivity contribution in [3.63, 3.8) is 0 Å². The van der Waals surface area contributed by atoms with E-state index in [-0.39, 0.29) is 17.3 Å². The van der Waals surface area contributed by atoms with Crippen LogP contribution in [0.3, 0.4) is 0 Å². The van der Waals surface area contributed by atoms with E-state index < -0.39 is 11.9 Å². The third-order valence-corrected chi connectivity index (χ3v) is 6.96. The first kappa shape index (κ1) is 23.2. The lowest BCUT2D eigenvalue weighted by atomic mass is 10.1. The maximum Gasteiger partial charge on any atom is 0.341 e. The molecule has 1 N–H and O–H groups in total. The number of aryl methyl sites for hydroxylation is 2. The molecule has 3 rings (SSSR count). The molecule has 0 atom stereocenters. The SMILES string of the molecule is CCOC(=O)c1c(NC(=O)c2nc(SCc3ccccc3C)ncc2Cl)sc(C)c1C. The van der Waals surface area contributed by atoms with Crippen molar-refractivity contribution in [3.8, 4) is 0 Å². The van der Waals surface area contributed by atoms with Crippen molar-refractivity contribution >= 4 is 51.6 Å². The molecule has 0 saturated carbocycles. The van der Waals surface area contributed by atoms with Crippen molar-refractivity contribution in [2.75, 3.05) is 11.9 Å². The van der Waals surface area contributed by atoms with Gasteiger partial charge in [0.25, 0.3) is 5.91 Å². The topological polar surface area (TPSA) is 81.2 Å². The molecule has 31 heavy (non-hydrogen) atoms. The lowest BCUT2D eigenvalue weighted by Crippen LogP contribution is -2.17. The van der Waals surface area contributed by atoms with Crippen molar-refractivity contribution in [1.29, 1.82) is 0 Å². The number of carbonyl (C=O) groups excluding carboxylic acids is 2. The Balaban J connectivity index is 1.81. The predicted molar refractivity (Wildman–Crippen MR) is 125 cm³/mol. The van der Waals surface area contributed by atoms with Gasteiger partial charge in [0.2, 0.25) is 0 Å². The molecule has 0 aliphatic rings. The molecule has 3 aromatic rings. The van der Waals surface area contributed by atoms with Crippen molar-refractivity contribution in [2.24, 2.45) is 0 Å². The minimum atomic E-state index is -0.503. The molecule has 6 nitrogen and oxygen atoms in total. The lowest BCUT2D eigenvalue weighted by molar-refractivity contribution is 0.0527. The van der Waals surface area contributed by atoms with Crippen LogP contribution in [-0.2, 0) is 10.5 Å². The van der Waals surface area contributed by atoms with Crippen LogP contribution < -0.4 is 5.32 Å². The fourth-order valence-electron chi connectivity index (χ4n) is 2.82. The highest BCUT2D eigenvalue weighted by molar-refractivity contribution is 7.98. The van der Waals surface area contributed by atoms with Gasteiger partial charge in [-0.15, -0.1) is 11.3 Å². The van der Waals surface area contributed by atoms with Crippen LogP contribution in [-0.4, -0.2) is 28.5 Å². The quantitative estimate of drug-likeness (QED) is 0.262. The van der Waals surface area contributed by atoms with Gasteiger partial charge in [0.15, 0.2) is 10.9 Å². The second-order valence-corrected chi connectivity index (χ2v) is 9.30. The molecule has 1 amide bonds. The Bertz CT molecular complexity index is 1130. The largest absolute Gasteiger partial charge is 0.462 e. The number of thiophene rings is 1. The Hall–Kier alpha value is -2.42. The molecular formula is C22H22ClN3O3S2. The maximum atomic E-state index is 12.9. The van der Waals surface area contributed by atoms with E-state index in [0.29, 0.717) is 21.5 Å². The summed E-state index contributed by atoms with van der Waals surface area (Å²) >= 11 is 8.94. The maximum absolute atomic E-state index is 12.9.